The van der Waals surface area contributed by atoms with Crippen molar-refractivity contribution in [3.05, 3.63) is 35.9 Å². The van der Waals surface area contributed by atoms with E-state index in [4.69, 9.17) is 11.5 Å². The standard InChI is InChI=1S/C12H17N3O2/c1-9(13)12(17)15(8-11(14)16)7-10-5-3-2-4-6-10/h2-6,9H,7-8,13H2,1H3,(H2,14,16)/t9-/m0/s1. The topological polar surface area (TPSA) is 89.4 Å². The van der Waals surface area contributed by atoms with Crippen molar-refractivity contribution in [2.45, 2.75) is 19.5 Å². The van der Waals surface area contributed by atoms with Crippen molar-refractivity contribution >= 4 is 11.8 Å². The van der Waals surface area contributed by atoms with Gasteiger partial charge in [-0.05, 0) is 12.5 Å². The maximum absolute atomic E-state index is 11.8. The Morgan fingerprint density at radius 1 is 1.29 bits per heavy atom. The van der Waals surface area contributed by atoms with Crippen molar-refractivity contribution in [3.63, 3.8) is 0 Å². The van der Waals surface area contributed by atoms with E-state index in [1.807, 2.05) is 30.3 Å². The summed E-state index contributed by atoms with van der Waals surface area (Å²) in [5, 5.41) is 0. The minimum atomic E-state index is -0.641. The number of carbonyl (C=O) groups is 2. The van der Waals surface area contributed by atoms with E-state index < -0.39 is 11.9 Å². The molecule has 0 aliphatic carbocycles. The molecule has 17 heavy (non-hydrogen) atoms. The van der Waals surface area contributed by atoms with Crippen LogP contribution in [0.15, 0.2) is 30.3 Å². The predicted molar refractivity (Wildman–Crippen MR) is 64.7 cm³/mol. The summed E-state index contributed by atoms with van der Waals surface area (Å²) in [6.07, 6.45) is 0. The monoisotopic (exact) mass is 235 g/mol. The fourth-order valence-electron chi connectivity index (χ4n) is 1.49. The molecule has 1 aromatic carbocycles. The molecule has 2 amide bonds. The van der Waals surface area contributed by atoms with Crippen LogP contribution in [-0.4, -0.2) is 29.3 Å². The quantitative estimate of drug-likeness (QED) is 0.743. The lowest BCUT2D eigenvalue weighted by Gasteiger charge is -2.23. The Labute approximate surface area is 100 Å². The predicted octanol–water partition coefficient (Wildman–Crippen LogP) is -0.152. The highest BCUT2D eigenvalue weighted by Crippen LogP contribution is 2.05. The highest BCUT2D eigenvalue weighted by molar-refractivity contribution is 5.86. The van der Waals surface area contributed by atoms with Crippen LogP contribution < -0.4 is 11.5 Å². The summed E-state index contributed by atoms with van der Waals surface area (Å²) in [5.74, 6) is -0.831. The van der Waals surface area contributed by atoms with Gasteiger partial charge in [-0.3, -0.25) is 9.59 Å². The van der Waals surface area contributed by atoms with Gasteiger partial charge in [0.25, 0.3) is 0 Å². The second kappa shape index (κ2) is 6.00. The molecule has 1 aromatic rings. The van der Waals surface area contributed by atoms with Crippen LogP contribution in [0.25, 0.3) is 0 Å². The van der Waals surface area contributed by atoms with E-state index in [0.29, 0.717) is 6.54 Å². The zero-order valence-electron chi connectivity index (χ0n) is 9.80. The molecule has 1 rings (SSSR count). The molecule has 5 heteroatoms. The van der Waals surface area contributed by atoms with Crippen LogP contribution in [0, 0.1) is 0 Å². The number of carbonyl (C=O) groups excluding carboxylic acids is 2. The summed E-state index contributed by atoms with van der Waals surface area (Å²) in [7, 11) is 0. The highest BCUT2D eigenvalue weighted by Gasteiger charge is 2.19. The van der Waals surface area contributed by atoms with E-state index in [9.17, 15) is 9.59 Å². The van der Waals surface area contributed by atoms with Crippen LogP contribution in [0.1, 0.15) is 12.5 Å². The molecular formula is C12H17N3O2. The van der Waals surface area contributed by atoms with Gasteiger partial charge in [-0.2, -0.15) is 0 Å². The lowest BCUT2D eigenvalue weighted by Crippen LogP contribution is -2.45. The summed E-state index contributed by atoms with van der Waals surface area (Å²) in [4.78, 5) is 24.1. The number of primary amides is 1. The van der Waals surface area contributed by atoms with E-state index in [1.165, 1.54) is 4.90 Å². The average Bonchev–Trinajstić information content (AvgIpc) is 2.28. The number of nitrogens with zero attached hydrogens (tertiary/aromatic N) is 1. The van der Waals surface area contributed by atoms with Gasteiger partial charge in [0.05, 0.1) is 12.6 Å². The Balaban J connectivity index is 2.77. The summed E-state index contributed by atoms with van der Waals surface area (Å²) < 4.78 is 0. The van der Waals surface area contributed by atoms with E-state index in [1.54, 1.807) is 6.92 Å². The zero-order valence-corrected chi connectivity index (χ0v) is 9.80. The minimum Gasteiger partial charge on any atom is -0.368 e. The SMILES string of the molecule is C[C@H](N)C(=O)N(CC(N)=O)Cc1ccccc1. The van der Waals surface area contributed by atoms with E-state index in [0.717, 1.165) is 5.56 Å². The van der Waals surface area contributed by atoms with Crippen LogP contribution in [0.5, 0.6) is 0 Å². The molecule has 0 bridgehead atoms. The fraction of sp³-hybridized carbons (Fsp3) is 0.333. The lowest BCUT2D eigenvalue weighted by atomic mass is 10.2. The van der Waals surface area contributed by atoms with Crippen molar-refractivity contribution in [2.75, 3.05) is 6.54 Å². The second-order valence-electron chi connectivity index (χ2n) is 3.93. The Kier molecular flexibility index (Phi) is 4.66. The summed E-state index contributed by atoms with van der Waals surface area (Å²) >= 11 is 0. The van der Waals surface area contributed by atoms with Crippen molar-refractivity contribution in [2.24, 2.45) is 11.5 Å². The third-order valence-corrected chi connectivity index (χ3v) is 2.26. The van der Waals surface area contributed by atoms with Crippen LogP contribution in [-0.2, 0) is 16.1 Å². The Bertz CT molecular complexity index is 390. The maximum atomic E-state index is 11.8. The lowest BCUT2D eigenvalue weighted by molar-refractivity contribution is -0.136. The molecule has 5 nitrogen and oxygen atoms in total. The van der Waals surface area contributed by atoms with Gasteiger partial charge in [0.15, 0.2) is 0 Å². The first-order chi connectivity index (χ1) is 8.00. The number of nitrogens with two attached hydrogens (primary N) is 2. The molecule has 0 aliphatic heterocycles. The molecule has 0 fully saturated rings. The molecule has 0 aliphatic rings. The van der Waals surface area contributed by atoms with E-state index in [-0.39, 0.29) is 12.5 Å². The van der Waals surface area contributed by atoms with Crippen molar-refractivity contribution in [1.29, 1.82) is 0 Å². The van der Waals surface area contributed by atoms with Gasteiger partial charge < -0.3 is 16.4 Å². The molecule has 0 heterocycles. The summed E-state index contributed by atoms with van der Waals surface area (Å²) in [6.45, 7) is 1.81. The molecule has 0 unspecified atom stereocenters. The van der Waals surface area contributed by atoms with E-state index in [2.05, 4.69) is 0 Å². The molecule has 92 valence electrons. The van der Waals surface area contributed by atoms with Crippen molar-refractivity contribution < 1.29 is 9.59 Å². The van der Waals surface area contributed by atoms with Gasteiger partial charge in [-0.25, -0.2) is 0 Å². The fourth-order valence-corrected chi connectivity index (χ4v) is 1.49. The largest absolute Gasteiger partial charge is 0.368 e. The van der Waals surface area contributed by atoms with Crippen LogP contribution >= 0.6 is 0 Å². The van der Waals surface area contributed by atoms with Gasteiger partial charge in [0, 0.05) is 6.54 Å². The first-order valence-corrected chi connectivity index (χ1v) is 5.37. The highest BCUT2D eigenvalue weighted by atomic mass is 16.2. The third-order valence-electron chi connectivity index (χ3n) is 2.26. The molecule has 4 N–H and O–H groups in total. The van der Waals surface area contributed by atoms with Crippen LogP contribution in [0.3, 0.4) is 0 Å². The summed E-state index contributed by atoms with van der Waals surface area (Å²) in [5.41, 5.74) is 11.6. The minimum absolute atomic E-state index is 0.116. The third kappa shape index (κ3) is 4.24. The first-order valence-electron chi connectivity index (χ1n) is 5.37. The maximum Gasteiger partial charge on any atom is 0.239 e. The van der Waals surface area contributed by atoms with Gasteiger partial charge in [-0.15, -0.1) is 0 Å². The van der Waals surface area contributed by atoms with Crippen molar-refractivity contribution in [3.8, 4) is 0 Å². The Morgan fingerprint density at radius 3 is 2.35 bits per heavy atom. The smallest absolute Gasteiger partial charge is 0.239 e. The number of hydrogen-bond donors (Lipinski definition) is 2. The number of amides is 2. The number of rotatable bonds is 5. The molecule has 0 saturated carbocycles. The van der Waals surface area contributed by atoms with Gasteiger partial charge in [0.2, 0.25) is 11.8 Å². The number of benzene rings is 1. The average molecular weight is 235 g/mol. The van der Waals surface area contributed by atoms with Crippen LogP contribution in [0.2, 0.25) is 0 Å². The van der Waals surface area contributed by atoms with Gasteiger partial charge in [-0.1, -0.05) is 30.3 Å². The second-order valence-corrected chi connectivity index (χ2v) is 3.93. The normalized spacial score (nSPS) is 11.9. The Hall–Kier alpha value is -1.88. The number of hydrogen-bond acceptors (Lipinski definition) is 3. The van der Waals surface area contributed by atoms with E-state index >= 15 is 0 Å². The summed E-state index contributed by atoms with van der Waals surface area (Å²) in [6, 6.07) is 8.74. The molecule has 0 radical (unpaired) electrons. The molecule has 1 atom stereocenters. The zero-order chi connectivity index (χ0) is 12.8. The van der Waals surface area contributed by atoms with Gasteiger partial charge >= 0.3 is 0 Å². The van der Waals surface area contributed by atoms with Crippen molar-refractivity contribution in [1.82, 2.24) is 4.90 Å². The molecule has 0 spiro atoms. The Morgan fingerprint density at radius 2 is 1.88 bits per heavy atom. The first kappa shape index (κ1) is 13.2. The van der Waals surface area contributed by atoms with Crippen LogP contribution in [0.4, 0.5) is 0 Å². The molecule has 0 aromatic heterocycles. The van der Waals surface area contributed by atoms with Gasteiger partial charge in [0.1, 0.15) is 0 Å². The molecule has 0 saturated heterocycles. The molecular weight excluding hydrogens is 218 g/mol.